The standard InChI is InChI=1S/C12H17BrN2S/c13-10-5-3-7-15-12(10)16-11-6-2-1-4-9(11)8-14/h3,5,7,9,11H,1-2,4,6,8,14H2. The van der Waals surface area contributed by atoms with Gasteiger partial charge < -0.3 is 5.73 Å². The van der Waals surface area contributed by atoms with E-state index < -0.39 is 0 Å². The lowest BCUT2D eigenvalue weighted by Gasteiger charge is -2.29. The average Bonchev–Trinajstić information content (AvgIpc) is 2.33. The van der Waals surface area contributed by atoms with Crippen LogP contribution in [0, 0.1) is 5.92 Å². The second-order valence-electron chi connectivity index (χ2n) is 4.23. The maximum atomic E-state index is 5.84. The smallest absolute Gasteiger partial charge is 0.110 e. The van der Waals surface area contributed by atoms with Crippen molar-refractivity contribution in [1.29, 1.82) is 0 Å². The number of hydrogen-bond acceptors (Lipinski definition) is 3. The van der Waals surface area contributed by atoms with Crippen LogP contribution in [0.2, 0.25) is 0 Å². The minimum Gasteiger partial charge on any atom is -0.330 e. The first kappa shape index (κ1) is 12.4. The molecule has 4 heteroatoms. The third kappa shape index (κ3) is 2.99. The molecule has 2 atom stereocenters. The fourth-order valence-electron chi connectivity index (χ4n) is 2.20. The molecule has 2 unspecified atom stereocenters. The van der Waals surface area contributed by atoms with Crippen LogP contribution < -0.4 is 5.73 Å². The molecule has 2 rings (SSSR count). The van der Waals surface area contributed by atoms with E-state index in [1.807, 2.05) is 24.0 Å². The summed E-state index contributed by atoms with van der Waals surface area (Å²) >= 11 is 5.44. The van der Waals surface area contributed by atoms with Crippen molar-refractivity contribution in [2.24, 2.45) is 11.7 Å². The van der Waals surface area contributed by atoms with Gasteiger partial charge in [-0.15, -0.1) is 11.8 Å². The van der Waals surface area contributed by atoms with Crippen molar-refractivity contribution in [3.05, 3.63) is 22.8 Å². The van der Waals surface area contributed by atoms with Gasteiger partial charge in [0.05, 0.1) is 0 Å². The fraction of sp³-hybridized carbons (Fsp3) is 0.583. The van der Waals surface area contributed by atoms with Crippen molar-refractivity contribution in [3.8, 4) is 0 Å². The van der Waals surface area contributed by atoms with Crippen LogP contribution in [0.1, 0.15) is 25.7 Å². The number of aromatic nitrogens is 1. The van der Waals surface area contributed by atoms with Gasteiger partial charge in [0.25, 0.3) is 0 Å². The van der Waals surface area contributed by atoms with Crippen molar-refractivity contribution < 1.29 is 0 Å². The Morgan fingerprint density at radius 1 is 1.44 bits per heavy atom. The lowest BCUT2D eigenvalue weighted by Crippen LogP contribution is -2.28. The highest BCUT2D eigenvalue weighted by Crippen LogP contribution is 2.38. The van der Waals surface area contributed by atoms with Crippen molar-refractivity contribution in [3.63, 3.8) is 0 Å². The second kappa shape index (κ2) is 6.03. The van der Waals surface area contributed by atoms with E-state index in [1.165, 1.54) is 25.7 Å². The molecule has 1 aliphatic rings. The van der Waals surface area contributed by atoms with Gasteiger partial charge in [-0.05, 0) is 53.4 Å². The molecule has 1 fully saturated rings. The molecular formula is C12H17BrN2S. The zero-order valence-electron chi connectivity index (χ0n) is 9.23. The van der Waals surface area contributed by atoms with E-state index in [0.29, 0.717) is 11.2 Å². The zero-order chi connectivity index (χ0) is 11.4. The molecule has 88 valence electrons. The second-order valence-corrected chi connectivity index (χ2v) is 6.31. The third-order valence-corrected chi connectivity index (χ3v) is 5.50. The Labute approximate surface area is 110 Å². The first-order chi connectivity index (χ1) is 7.81. The van der Waals surface area contributed by atoms with Gasteiger partial charge in [0.2, 0.25) is 0 Å². The van der Waals surface area contributed by atoms with Crippen LogP contribution >= 0.6 is 27.7 Å². The molecule has 2 nitrogen and oxygen atoms in total. The van der Waals surface area contributed by atoms with Crippen LogP contribution in [0.5, 0.6) is 0 Å². The molecule has 1 aliphatic carbocycles. The Morgan fingerprint density at radius 2 is 2.25 bits per heavy atom. The van der Waals surface area contributed by atoms with E-state index in [0.717, 1.165) is 16.0 Å². The summed E-state index contributed by atoms with van der Waals surface area (Å²) in [6, 6.07) is 4.01. The molecule has 1 heterocycles. The van der Waals surface area contributed by atoms with Crippen molar-refractivity contribution >= 4 is 27.7 Å². The van der Waals surface area contributed by atoms with Crippen LogP contribution in [-0.4, -0.2) is 16.8 Å². The Hall–Kier alpha value is -0.0600. The van der Waals surface area contributed by atoms with Crippen LogP contribution in [0.4, 0.5) is 0 Å². The SMILES string of the molecule is NCC1CCCCC1Sc1ncccc1Br. The molecule has 1 saturated carbocycles. The summed E-state index contributed by atoms with van der Waals surface area (Å²) in [4.78, 5) is 4.42. The Kier molecular flexibility index (Phi) is 4.67. The summed E-state index contributed by atoms with van der Waals surface area (Å²) in [5, 5.41) is 1.75. The highest BCUT2D eigenvalue weighted by Gasteiger charge is 2.25. The van der Waals surface area contributed by atoms with Crippen LogP contribution in [0.15, 0.2) is 27.8 Å². The Morgan fingerprint density at radius 3 is 3.00 bits per heavy atom. The van der Waals surface area contributed by atoms with Gasteiger partial charge in [0.15, 0.2) is 0 Å². The molecule has 2 N–H and O–H groups in total. The molecular weight excluding hydrogens is 284 g/mol. The largest absolute Gasteiger partial charge is 0.330 e. The quantitative estimate of drug-likeness (QED) is 0.929. The number of rotatable bonds is 3. The molecule has 0 radical (unpaired) electrons. The summed E-state index contributed by atoms with van der Waals surface area (Å²) in [6.45, 7) is 0.808. The lowest BCUT2D eigenvalue weighted by atomic mass is 9.89. The minimum absolute atomic E-state index is 0.643. The van der Waals surface area contributed by atoms with Gasteiger partial charge in [-0.1, -0.05) is 12.8 Å². The van der Waals surface area contributed by atoms with E-state index in [9.17, 15) is 0 Å². The maximum absolute atomic E-state index is 5.84. The number of nitrogens with zero attached hydrogens (tertiary/aromatic N) is 1. The first-order valence-corrected chi connectivity index (χ1v) is 7.45. The molecule has 0 aliphatic heterocycles. The normalized spacial score (nSPS) is 25.6. The molecule has 0 saturated heterocycles. The molecule has 0 amide bonds. The number of hydrogen-bond donors (Lipinski definition) is 1. The van der Waals surface area contributed by atoms with Gasteiger partial charge >= 0.3 is 0 Å². The topological polar surface area (TPSA) is 38.9 Å². The maximum Gasteiger partial charge on any atom is 0.110 e. The molecule has 0 aromatic carbocycles. The van der Waals surface area contributed by atoms with Gasteiger partial charge in [-0.2, -0.15) is 0 Å². The van der Waals surface area contributed by atoms with Crippen LogP contribution in [0.3, 0.4) is 0 Å². The van der Waals surface area contributed by atoms with Crippen molar-refractivity contribution in [2.75, 3.05) is 6.54 Å². The first-order valence-electron chi connectivity index (χ1n) is 5.78. The summed E-state index contributed by atoms with van der Waals surface area (Å²) in [7, 11) is 0. The van der Waals surface area contributed by atoms with E-state index >= 15 is 0 Å². The van der Waals surface area contributed by atoms with Crippen LogP contribution in [0.25, 0.3) is 0 Å². The minimum atomic E-state index is 0.643. The molecule has 0 bridgehead atoms. The third-order valence-electron chi connectivity index (χ3n) is 3.13. The molecule has 1 aromatic heterocycles. The monoisotopic (exact) mass is 300 g/mol. The lowest BCUT2D eigenvalue weighted by molar-refractivity contribution is 0.378. The van der Waals surface area contributed by atoms with Gasteiger partial charge in [0.1, 0.15) is 5.03 Å². The summed E-state index contributed by atoms with van der Waals surface area (Å²) in [5.41, 5.74) is 5.84. The highest BCUT2D eigenvalue weighted by molar-refractivity contribution is 9.10. The number of pyridine rings is 1. The summed E-state index contributed by atoms with van der Waals surface area (Å²) in [6.07, 6.45) is 7.07. The molecule has 0 spiro atoms. The van der Waals surface area contributed by atoms with Crippen LogP contribution in [-0.2, 0) is 0 Å². The average molecular weight is 301 g/mol. The number of halogens is 1. The Balaban J connectivity index is 2.05. The van der Waals surface area contributed by atoms with Crippen molar-refractivity contribution in [1.82, 2.24) is 4.98 Å². The predicted molar refractivity (Wildman–Crippen MR) is 72.6 cm³/mol. The summed E-state index contributed by atoms with van der Waals surface area (Å²) < 4.78 is 1.10. The van der Waals surface area contributed by atoms with Crippen molar-refractivity contribution in [2.45, 2.75) is 36.0 Å². The van der Waals surface area contributed by atoms with Gasteiger partial charge in [0, 0.05) is 15.9 Å². The van der Waals surface area contributed by atoms with E-state index in [1.54, 1.807) is 0 Å². The van der Waals surface area contributed by atoms with Gasteiger partial charge in [-0.25, -0.2) is 4.98 Å². The zero-order valence-corrected chi connectivity index (χ0v) is 11.6. The Bertz CT molecular complexity index is 346. The number of thioether (sulfide) groups is 1. The highest BCUT2D eigenvalue weighted by atomic mass is 79.9. The molecule has 16 heavy (non-hydrogen) atoms. The van der Waals surface area contributed by atoms with E-state index in [4.69, 9.17) is 5.73 Å². The van der Waals surface area contributed by atoms with E-state index in [-0.39, 0.29) is 0 Å². The number of nitrogens with two attached hydrogens (primary N) is 1. The molecule has 1 aromatic rings. The summed E-state index contributed by atoms with van der Waals surface area (Å²) in [5.74, 6) is 0.660. The van der Waals surface area contributed by atoms with E-state index in [2.05, 4.69) is 27.0 Å². The fourth-order valence-corrected chi connectivity index (χ4v) is 4.05. The predicted octanol–water partition coefficient (Wildman–Crippen LogP) is 3.45. The van der Waals surface area contributed by atoms with Gasteiger partial charge in [-0.3, -0.25) is 0 Å².